The second kappa shape index (κ2) is 8.61. The maximum atomic E-state index is 12.3. The van der Waals surface area contributed by atoms with Gasteiger partial charge in [-0.2, -0.15) is 0 Å². The fourth-order valence-electron chi connectivity index (χ4n) is 2.46. The Kier molecular flexibility index (Phi) is 5.78. The van der Waals surface area contributed by atoms with Gasteiger partial charge in [-0.05, 0) is 36.2 Å². The van der Waals surface area contributed by atoms with Crippen LogP contribution in [0.5, 0.6) is 0 Å². The van der Waals surface area contributed by atoms with Gasteiger partial charge in [-0.25, -0.2) is 0 Å². The van der Waals surface area contributed by atoms with Crippen molar-refractivity contribution in [1.29, 1.82) is 0 Å². The summed E-state index contributed by atoms with van der Waals surface area (Å²) in [7, 11) is 0. The lowest BCUT2D eigenvalue weighted by atomic mass is 10.1. The summed E-state index contributed by atoms with van der Waals surface area (Å²) in [5, 5.41) is 23.8. The van der Waals surface area contributed by atoms with Crippen LogP contribution in [0.1, 0.15) is 13.3 Å². The number of azo groups is 1. The highest BCUT2D eigenvalue weighted by molar-refractivity contribution is 5.92. The van der Waals surface area contributed by atoms with Crippen molar-refractivity contribution in [2.24, 2.45) is 5.11 Å². The Labute approximate surface area is 156 Å². The predicted molar refractivity (Wildman–Crippen MR) is 102 cm³/mol. The van der Waals surface area contributed by atoms with Crippen LogP contribution in [0.25, 0.3) is 11.1 Å². The van der Waals surface area contributed by atoms with Crippen molar-refractivity contribution >= 4 is 11.6 Å². The zero-order valence-electron chi connectivity index (χ0n) is 14.8. The summed E-state index contributed by atoms with van der Waals surface area (Å²) in [5.41, 5.74) is 3.36. The Morgan fingerprint density at radius 2 is 2.04 bits per heavy atom. The first-order valence-corrected chi connectivity index (χ1v) is 8.53. The van der Waals surface area contributed by atoms with E-state index < -0.39 is 0 Å². The van der Waals surface area contributed by atoms with Crippen LogP contribution in [0, 0.1) is 5.21 Å². The molecule has 138 valence electrons. The van der Waals surface area contributed by atoms with Gasteiger partial charge in [0.2, 0.25) is 11.7 Å². The smallest absolute Gasteiger partial charge is 0.230 e. The molecule has 0 saturated carbocycles. The van der Waals surface area contributed by atoms with Crippen LogP contribution in [-0.2, 0) is 4.79 Å². The van der Waals surface area contributed by atoms with Crippen molar-refractivity contribution in [3.63, 3.8) is 0 Å². The minimum Gasteiger partial charge on any atom is -0.600 e. The molecule has 0 saturated heterocycles. The number of carbonyl (C=O) groups excluding carboxylic acids is 1. The number of amides is 1. The van der Waals surface area contributed by atoms with Crippen molar-refractivity contribution in [2.75, 3.05) is 11.9 Å². The van der Waals surface area contributed by atoms with Gasteiger partial charge < -0.3 is 21.2 Å². The molecule has 1 aliphatic rings. The molecule has 2 heterocycles. The molecule has 1 aromatic carbocycles. The summed E-state index contributed by atoms with van der Waals surface area (Å²) in [6, 6.07) is 11.4. The van der Waals surface area contributed by atoms with Crippen LogP contribution < -0.4 is 16.0 Å². The van der Waals surface area contributed by atoms with E-state index in [1.165, 1.54) is 0 Å². The lowest BCUT2D eigenvalue weighted by Crippen LogP contribution is -2.25. The van der Waals surface area contributed by atoms with Crippen LogP contribution in [0.4, 0.5) is 5.69 Å². The third-order valence-corrected chi connectivity index (χ3v) is 3.77. The van der Waals surface area contributed by atoms with Gasteiger partial charge in [0.05, 0.1) is 12.6 Å². The molecular formula is C19H20N6O2. The van der Waals surface area contributed by atoms with Crippen LogP contribution in [-0.4, -0.2) is 22.3 Å². The second-order valence-corrected chi connectivity index (χ2v) is 5.80. The number of anilines is 1. The minimum atomic E-state index is -0.180. The Morgan fingerprint density at radius 3 is 2.74 bits per heavy atom. The molecule has 0 spiro atoms. The van der Waals surface area contributed by atoms with E-state index in [2.05, 4.69) is 26.0 Å². The number of nitrogens with zero attached hydrogens (tertiary/aromatic N) is 3. The van der Waals surface area contributed by atoms with Crippen LogP contribution >= 0.6 is 0 Å². The number of rotatable bonds is 6. The Morgan fingerprint density at radius 1 is 1.22 bits per heavy atom. The van der Waals surface area contributed by atoms with E-state index in [0.29, 0.717) is 22.1 Å². The summed E-state index contributed by atoms with van der Waals surface area (Å²) in [4.78, 5) is 16.9. The number of carbonyl (C=O) groups is 1. The third kappa shape index (κ3) is 5.15. The predicted octanol–water partition coefficient (Wildman–Crippen LogP) is 2.89. The van der Waals surface area contributed by atoms with Crippen LogP contribution in [0.15, 0.2) is 77.8 Å². The molecule has 1 aliphatic heterocycles. The molecule has 0 atom stereocenters. The van der Waals surface area contributed by atoms with E-state index in [1.807, 2.05) is 36.4 Å². The van der Waals surface area contributed by atoms with Crippen molar-refractivity contribution in [2.45, 2.75) is 13.3 Å². The van der Waals surface area contributed by atoms with E-state index in [1.54, 1.807) is 31.7 Å². The average Bonchev–Trinajstić information content (AvgIpc) is 2.69. The number of hydroxylamine groups is 1. The van der Waals surface area contributed by atoms with Gasteiger partial charge in [0.15, 0.2) is 6.54 Å². The summed E-state index contributed by atoms with van der Waals surface area (Å²) in [6.07, 6.45) is 6.85. The van der Waals surface area contributed by atoms with Gasteiger partial charge in [-0.15, -0.1) is 0 Å². The second-order valence-electron chi connectivity index (χ2n) is 5.80. The first-order chi connectivity index (χ1) is 13.1. The lowest BCUT2D eigenvalue weighted by molar-refractivity contribution is -0.523. The van der Waals surface area contributed by atoms with Gasteiger partial charge in [0.25, 0.3) is 0 Å². The molecule has 1 amide bonds. The first kappa shape index (κ1) is 18.1. The molecule has 0 aliphatic carbocycles. The van der Waals surface area contributed by atoms with E-state index in [-0.39, 0.29) is 18.9 Å². The Balaban J connectivity index is 1.56. The van der Waals surface area contributed by atoms with Crippen LogP contribution in [0.3, 0.4) is 0 Å². The number of aromatic nitrogens is 1. The number of benzene rings is 1. The van der Waals surface area contributed by atoms with E-state index in [0.717, 1.165) is 11.1 Å². The lowest BCUT2D eigenvalue weighted by Gasteiger charge is -2.14. The van der Waals surface area contributed by atoms with Gasteiger partial charge in [-0.3, -0.25) is 9.78 Å². The van der Waals surface area contributed by atoms with Gasteiger partial charge in [0, 0.05) is 35.1 Å². The maximum Gasteiger partial charge on any atom is 0.230 e. The topological polar surface area (TPSA) is 104 Å². The quantitative estimate of drug-likeness (QED) is 0.415. The van der Waals surface area contributed by atoms with E-state index in [4.69, 9.17) is 0 Å². The largest absolute Gasteiger partial charge is 0.600 e. The van der Waals surface area contributed by atoms with Gasteiger partial charge in [0.1, 0.15) is 0 Å². The SMILES string of the molecule is CC[N+]([O-])=NC1=CNC=C(CC(=O)Nc2ccc(-c3cccnc3)cc2)N1. The number of nitrogens with one attached hydrogen (secondary N) is 3. The van der Waals surface area contributed by atoms with Crippen molar-refractivity contribution in [3.8, 4) is 11.1 Å². The van der Waals surface area contributed by atoms with Gasteiger partial charge in [-0.1, -0.05) is 23.1 Å². The normalized spacial score (nSPS) is 13.7. The van der Waals surface area contributed by atoms with E-state index in [9.17, 15) is 10.0 Å². The molecule has 2 aromatic rings. The first-order valence-electron chi connectivity index (χ1n) is 8.53. The highest BCUT2D eigenvalue weighted by Crippen LogP contribution is 2.20. The summed E-state index contributed by atoms with van der Waals surface area (Å²) < 4.78 is 0. The number of hydrogen-bond acceptors (Lipinski definition) is 6. The minimum absolute atomic E-state index is 0.120. The molecule has 1 aromatic heterocycles. The fraction of sp³-hybridized carbons (Fsp3) is 0.158. The number of pyridine rings is 1. The maximum absolute atomic E-state index is 12.3. The van der Waals surface area contributed by atoms with Gasteiger partial charge >= 0.3 is 0 Å². The average molecular weight is 364 g/mol. The summed E-state index contributed by atoms with van der Waals surface area (Å²) in [6.45, 7) is 1.95. The molecule has 8 nitrogen and oxygen atoms in total. The standard InChI is InChI=1S/C19H20N6O2/c1-2-25(27)24-18-13-21-12-17(22-18)10-19(26)23-16-7-5-14(6-8-16)15-4-3-9-20-11-15/h3-9,11-13,21-22H,2,10H2,1H3,(H,23,26). The monoisotopic (exact) mass is 364 g/mol. The molecule has 8 heteroatoms. The molecule has 0 fully saturated rings. The molecule has 3 rings (SSSR count). The fourth-order valence-corrected chi connectivity index (χ4v) is 2.46. The molecule has 0 bridgehead atoms. The highest BCUT2D eigenvalue weighted by atomic mass is 16.5. The molecular weight excluding hydrogens is 344 g/mol. The Hall–Kier alpha value is -3.68. The summed E-state index contributed by atoms with van der Waals surface area (Å²) in [5.74, 6) is 0.179. The zero-order chi connectivity index (χ0) is 19.1. The van der Waals surface area contributed by atoms with Crippen LogP contribution in [0.2, 0.25) is 0 Å². The van der Waals surface area contributed by atoms with Crippen molar-refractivity contribution in [1.82, 2.24) is 15.6 Å². The molecule has 3 N–H and O–H groups in total. The van der Waals surface area contributed by atoms with E-state index >= 15 is 0 Å². The third-order valence-electron chi connectivity index (χ3n) is 3.77. The molecule has 0 unspecified atom stereocenters. The highest BCUT2D eigenvalue weighted by Gasteiger charge is 2.12. The molecule has 0 radical (unpaired) electrons. The Bertz CT molecular complexity index is 888. The summed E-state index contributed by atoms with van der Waals surface area (Å²) >= 11 is 0. The molecule has 27 heavy (non-hydrogen) atoms. The number of hydrogen-bond donors (Lipinski definition) is 3. The van der Waals surface area contributed by atoms with Crippen molar-refractivity contribution < 1.29 is 9.66 Å². The van der Waals surface area contributed by atoms with Crippen molar-refractivity contribution in [3.05, 3.63) is 77.9 Å². The zero-order valence-corrected chi connectivity index (χ0v) is 14.8.